The van der Waals surface area contributed by atoms with Crippen molar-refractivity contribution in [1.82, 2.24) is 19.8 Å². The lowest BCUT2D eigenvalue weighted by Gasteiger charge is -2.43. The topological polar surface area (TPSA) is 64.7 Å². The number of urea groups is 2. The summed E-state index contributed by atoms with van der Waals surface area (Å²) in [7, 11) is 0.668. The largest absolute Gasteiger partial charge is 0.342 e. The second-order valence-electron chi connectivity index (χ2n) is 4.40. The third-order valence-corrected chi connectivity index (χ3v) is 6.28. The highest BCUT2D eigenvalue weighted by Gasteiger charge is 2.41. The molecule has 0 bridgehead atoms. The highest BCUT2D eigenvalue weighted by molar-refractivity contribution is 6.76. The van der Waals surface area contributed by atoms with Crippen LogP contribution in [0, 0.1) is 0 Å². The molecule has 7 heteroatoms. The van der Waals surface area contributed by atoms with E-state index in [4.69, 9.17) is 0 Å². The Morgan fingerprint density at radius 3 is 1.53 bits per heavy atom. The van der Waals surface area contributed by atoms with Gasteiger partial charge in [-0.2, -0.15) is 0 Å². The van der Waals surface area contributed by atoms with Gasteiger partial charge in [0.1, 0.15) is 0 Å². The van der Waals surface area contributed by atoms with E-state index < -0.39 is 8.40 Å². The van der Waals surface area contributed by atoms with Crippen LogP contribution in [0.1, 0.15) is 0 Å². The lowest BCUT2D eigenvalue weighted by Crippen LogP contribution is -2.67. The smallest absolute Gasteiger partial charge is 0.310 e. The van der Waals surface area contributed by atoms with Gasteiger partial charge in [0.2, 0.25) is 0 Å². The van der Waals surface area contributed by atoms with Crippen LogP contribution in [-0.4, -0.2) is 56.8 Å². The second-order valence-corrected chi connectivity index (χ2v) is 8.47. The van der Waals surface area contributed by atoms with Crippen molar-refractivity contribution in [2.24, 2.45) is 0 Å². The fraction of sp³-hybridized carbons (Fsp3) is 0.500. The number of nitrogens with one attached hydrogen (secondary N) is 2. The maximum absolute atomic E-state index is 12.0. The summed E-state index contributed by atoms with van der Waals surface area (Å²) < 4.78 is 3.33. The number of nitrogens with zero attached hydrogens (tertiary/aromatic N) is 2. The van der Waals surface area contributed by atoms with Gasteiger partial charge in [-0.3, -0.25) is 0 Å². The van der Waals surface area contributed by atoms with Crippen LogP contribution in [0.25, 0.3) is 0 Å². The minimum atomic E-state index is -2.47. The van der Waals surface area contributed by atoms with Crippen LogP contribution in [0.3, 0.4) is 0 Å². The summed E-state index contributed by atoms with van der Waals surface area (Å²) in [4.78, 5) is 24.0. The van der Waals surface area contributed by atoms with Crippen LogP contribution in [-0.2, 0) is 0 Å². The van der Waals surface area contributed by atoms with Gasteiger partial charge in [0.15, 0.2) is 0 Å². The van der Waals surface area contributed by atoms with Crippen LogP contribution in [0.15, 0.2) is 25.3 Å². The van der Waals surface area contributed by atoms with E-state index in [0.717, 1.165) is 0 Å². The molecule has 0 atom stereocenters. The van der Waals surface area contributed by atoms with Gasteiger partial charge >= 0.3 is 12.1 Å². The fourth-order valence-electron chi connectivity index (χ4n) is 1.78. The van der Waals surface area contributed by atoms with Crippen molar-refractivity contribution >= 4 is 20.5 Å². The average molecular weight is 284 g/mol. The van der Waals surface area contributed by atoms with Crippen LogP contribution < -0.4 is 10.6 Å². The molecule has 0 aromatic rings. The number of hydrogen-bond donors (Lipinski definition) is 2. The van der Waals surface area contributed by atoms with Gasteiger partial charge in [0.05, 0.1) is 0 Å². The van der Waals surface area contributed by atoms with Crippen LogP contribution >= 0.6 is 0 Å². The van der Waals surface area contributed by atoms with Gasteiger partial charge in [0, 0.05) is 27.2 Å². The average Bonchev–Trinajstić information content (AvgIpc) is 2.39. The van der Waals surface area contributed by atoms with Crippen LogP contribution in [0.5, 0.6) is 0 Å². The summed E-state index contributed by atoms with van der Waals surface area (Å²) in [5.41, 5.74) is 0. The zero-order valence-corrected chi connectivity index (χ0v) is 13.2. The molecule has 0 heterocycles. The summed E-state index contributed by atoms with van der Waals surface area (Å²) in [6.07, 6.45) is 3.31. The minimum absolute atomic E-state index is 0.213. The first kappa shape index (κ1) is 17.2. The molecule has 0 aliphatic rings. The zero-order valence-electron chi connectivity index (χ0n) is 12.2. The van der Waals surface area contributed by atoms with Gasteiger partial charge in [-0.05, 0) is 13.1 Å². The van der Waals surface area contributed by atoms with Gasteiger partial charge < -0.3 is 19.8 Å². The lowest BCUT2D eigenvalue weighted by molar-refractivity contribution is 0.214. The van der Waals surface area contributed by atoms with Crippen LogP contribution in [0.4, 0.5) is 9.59 Å². The van der Waals surface area contributed by atoms with E-state index in [2.05, 4.69) is 23.8 Å². The molecule has 0 radical (unpaired) electrons. The molecule has 0 saturated carbocycles. The van der Waals surface area contributed by atoms with Gasteiger partial charge in [-0.15, -0.1) is 13.2 Å². The third kappa shape index (κ3) is 4.13. The Kier molecular flexibility index (Phi) is 6.92. The maximum atomic E-state index is 12.0. The van der Waals surface area contributed by atoms with E-state index >= 15 is 0 Å². The lowest BCUT2D eigenvalue weighted by atomic mass is 10.6. The SMILES string of the molecule is C=CCN(C(=O)NC)[Si](C)(C)N(CC=C)C(=O)NC. The van der Waals surface area contributed by atoms with Crippen molar-refractivity contribution in [3.63, 3.8) is 0 Å². The van der Waals surface area contributed by atoms with Crippen LogP contribution in [0.2, 0.25) is 13.1 Å². The molecule has 0 rings (SSSR count). The van der Waals surface area contributed by atoms with Crippen molar-refractivity contribution in [2.45, 2.75) is 13.1 Å². The van der Waals surface area contributed by atoms with Gasteiger partial charge in [0.25, 0.3) is 8.40 Å². The van der Waals surface area contributed by atoms with E-state index in [1.54, 1.807) is 35.4 Å². The van der Waals surface area contributed by atoms with E-state index in [1.165, 1.54) is 0 Å². The Morgan fingerprint density at radius 2 is 1.32 bits per heavy atom. The predicted molar refractivity (Wildman–Crippen MR) is 80.2 cm³/mol. The fourth-order valence-corrected chi connectivity index (χ4v) is 4.44. The molecular formula is C12H24N4O2Si. The first-order chi connectivity index (χ1) is 8.86. The Bertz CT molecular complexity index is 326. The molecule has 108 valence electrons. The second kappa shape index (κ2) is 7.62. The van der Waals surface area contributed by atoms with Crippen molar-refractivity contribution in [3.8, 4) is 0 Å². The zero-order chi connectivity index (χ0) is 15.1. The molecule has 0 fully saturated rings. The summed E-state index contributed by atoms with van der Waals surface area (Å²) in [6, 6.07) is -0.427. The number of amides is 4. The predicted octanol–water partition coefficient (Wildman–Crippen LogP) is 1.34. The number of hydrogen-bond acceptors (Lipinski definition) is 2. The molecule has 0 aliphatic carbocycles. The molecule has 0 spiro atoms. The highest BCUT2D eigenvalue weighted by Crippen LogP contribution is 2.16. The van der Waals surface area contributed by atoms with Crippen molar-refractivity contribution < 1.29 is 9.59 Å². The number of carbonyl (C=O) groups is 2. The quantitative estimate of drug-likeness (QED) is 0.571. The number of rotatable bonds is 6. The summed E-state index contributed by atoms with van der Waals surface area (Å²) >= 11 is 0. The van der Waals surface area contributed by atoms with Crippen molar-refractivity contribution in [1.29, 1.82) is 0 Å². The molecule has 0 saturated heterocycles. The molecule has 0 unspecified atom stereocenters. The Morgan fingerprint density at radius 1 is 1.00 bits per heavy atom. The molecule has 19 heavy (non-hydrogen) atoms. The standard InChI is InChI=1S/C12H24N4O2Si/c1-7-9-15(11(17)13-3)19(5,6)16(10-8-2)12(18)14-4/h7-8H,1-2,9-10H2,3-6H3,(H,13,17)(H,14,18). The monoisotopic (exact) mass is 284 g/mol. The van der Waals surface area contributed by atoms with E-state index in [-0.39, 0.29) is 12.1 Å². The van der Waals surface area contributed by atoms with E-state index in [1.807, 2.05) is 13.1 Å². The molecule has 0 aromatic carbocycles. The summed E-state index contributed by atoms with van der Waals surface area (Å²) in [5.74, 6) is 0. The Hall–Kier alpha value is -1.76. The molecule has 0 aromatic heterocycles. The third-order valence-electron chi connectivity index (χ3n) is 2.86. The van der Waals surface area contributed by atoms with Gasteiger partial charge in [-0.1, -0.05) is 12.2 Å². The molecule has 6 nitrogen and oxygen atoms in total. The van der Waals surface area contributed by atoms with Crippen molar-refractivity contribution in [2.75, 3.05) is 27.2 Å². The number of carbonyl (C=O) groups excluding carboxylic acids is 2. The Labute approximate surface area is 116 Å². The molecule has 4 amide bonds. The summed E-state index contributed by atoms with van der Waals surface area (Å²) in [6.45, 7) is 12.0. The van der Waals surface area contributed by atoms with E-state index in [9.17, 15) is 9.59 Å². The summed E-state index contributed by atoms with van der Waals surface area (Å²) in [5, 5.41) is 5.20. The Balaban J connectivity index is 5.42. The maximum Gasteiger partial charge on any atom is 0.310 e. The van der Waals surface area contributed by atoms with Gasteiger partial charge in [-0.25, -0.2) is 9.59 Å². The normalized spacial score (nSPS) is 10.3. The first-order valence-electron chi connectivity index (χ1n) is 6.07. The first-order valence-corrected chi connectivity index (χ1v) is 8.96. The van der Waals surface area contributed by atoms with Crippen molar-refractivity contribution in [3.05, 3.63) is 25.3 Å². The molecule has 2 N–H and O–H groups in total. The minimum Gasteiger partial charge on any atom is -0.342 e. The highest BCUT2D eigenvalue weighted by atomic mass is 28.3. The molecule has 0 aliphatic heterocycles. The van der Waals surface area contributed by atoms with E-state index in [0.29, 0.717) is 13.1 Å². The molecular weight excluding hydrogens is 260 g/mol.